The molecule has 1 saturated carbocycles. The first-order valence-corrected chi connectivity index (χ1v) is 5.69. The van der Waals surface area contributed by atoms with Gasteiger partial charge in [0.25, 0.3) is 5.91 Å². The Bertz CT molecular complexity index is 515. The number of H-pyrrole nitrogens is 1. The molecule has 1 aliphatic rings. The molecule has 0 aliphatic heterocycles. The minimum Gasteiger partial charge on any atom is -0.362 e. The lowest BCUT2D eigenvalue weighted by molar-refractivity contribution is -0.117. The first-order valence-electron chi connectivity index (χ1n) is 5.69. The van der Waals surface area contributed by atoms with Crippen molar-refractivity contribution >= 4 is 12.0 Å². The summed E-state index contributed by atoms with van der Waals surface area (Å²) >= 11 is 0. The third-order valence-corrected chi connectivity index (χ3v) is 2.77. The average Bonchev–Trinajstić information content (AvgIpc) is 3.01. The number of nitriles is 1. The van der Waals surface area contributed by atoms with Gasteiger partial charge in [0.05, 0.1) is 0 Å². The highest BCUT2D eigenvalue weighted by Gasteiger charge is 2.24. The molecule has 1 aromatic rings. The van der Waals surface area contributed by atoms with Gasteiger partial charge < -0.3 is 10.3 Å². The van der Waals surface area contributed by atoms with E-state index in [9.17, 15) is 4.79 Å². The van der Waals surface area contributed by atoms with Gasteiger partial charge >= 0.3 is 0 Å². The van der Waals surface area contributed by atoms with Gasteiger partial charge in [-0.05, 0) is 44.4 Å². The monoisotopic (exact) mass is 229 g/mol. The van der Waals surface area contributed by atoms with E-state index in [0.29, 0.717) is 0 Å². The van der Waals surface area contributed by atoms with Gasteiger partial charge in [-0.25, -0.2) is 0 Å². The number of carbonyl (C=O) groups is 1. The Labute approximate surface area is 100 Å². The molecule has 0 atom stereocenters. The number of hydrogen-bond donors (Lipinski definition) is 2. The summed E-state index contributed by atoms with van der Waals surface area (Å²) in [5.41, 5.74) is 3.05. The molecule has 0 aromatic carbocycles. The highest BCUT2D eigenvalue weighted by molar-refractivity contribution is 6.02. The van der Waals surface area contributed by atoms with E-state index in [0.717, 1.165) is 29.8 Å². The van der Waals surface area contributed by atoms with E-state index in [1.807, 2.05) is 26.0 Å². The van der Waals surface area contributed by atoms with Gasteiger partial charge in [0, 0.05) is 17.4 Å². The Morgan fingerprint density at radius 1 is 1.59 bits per heavy atom. The summed E-state index contributed by atoms with van der Waals surface area (Å²) in [6.07, 6.45) is 3.68. The number of nitrogens with one attached hydrogen (secondary N) is 2. The Hall–Kier alpha value is -2.02. The van der Waals surface area contributed by atoms with Crippen LogP contribution in [0.25, 0.3) is 6.08 Å². The Morgan fingerprint density at radius 3 is 2.76 bits per heavy atom. The molecule has 4 heteroatoms. The minimum atomic E-state index is -0.270. The average molecular weight is 229 g/mol. The van der Waals surface area contributed by atoms with Crippen LogP contribution in [0.15, 0.2) is 11.6 Å². The number of hydrogen-bond acceptors (Lipinski definition) is 2. The molecular formula is C13H15N3O. The van der Waals surface area contributed by atoms with Crippen LogP contribution in [0.5, 0.6) is 0 Å². The van der Waals surface area contributed by atoms with Crippen molar-refractivity contribution in [2.24, 2.45) is 0 Å². The SMILES string of the molecule is Cc1cc(/C=C(\C#N)C(=O)NC2CC2)c(C)[nH]1. The lowest BCUT2D eigenvalue weighted by Gasteiger charge is -2.00. The summed E-state index contributed by atoms with van der Waals surface area (Å²) in [5.74, 6) is -0.270. The fraction of sp³-hybridized carbons (Fsp3) is 0.385. The second-order valence-electron chi connectivity index (χ2n) is 4.45. The van der Waals surface area contributed by atoms with Crippen LogP contribution < -0.4 is 5.32 Å². The largest absolute Gasteiger partial charge is 0.362 e. The van der Waals surface area contributed by atoms with Crippen LogP contribution in [0.2, 0.25) is 0 Å². The fourth-order valence-electron chi connectivity index (χ4n) is 1.69. The van der Waals surface area contributed by atoms with Crippen molar-refractivity contribution in [1.29, 1.82) is 5.26 Å². The summed E-state index contributed by atoms with van der Waals surface area (Å²) < 4.78 is 0. The standard InChI is InChI=1S/C13H15N3O/c1-8-5-10(9(2)15-8)6-11(7-14)13(17)16-12-3-4-12/h5-6,12,15H,3-4H2,1-2H3,(H,16,17)/b11-6+. The first kappa shape index (κ1) is 11.5. The Kier molecular flexibility index (Phi) is 3.01. The van der Waals surface area contributed by atoms with E-state index in [1.165, 1.54) is 0 Å². The number of amides is 1. The molecule has 0 bridgehead atoms. The van der Waals surface area contributed by atoms with Crippen LogP contribution in [0, 0.1) is 25.2 Å². The third kappa shape index (κ3) is 2.76. The van der Waals surface area contributed by atoms with Crippen LogP contribution in [0.4, 0.5) is 0 Å². The van der Waals surface area contributed by atoms with Crippen LogP contribution in [0.3, 0.4) is 0 Å². The predicted octanol–water partition coefficient (Wildman–Crippen LogP) is 1.82. The van der Waals surface area contributed by atoms with Gasteiger partial charge in [0.1, 0.15) is 11.6 Å². The third-order valence-electron chi connectivity index (χ3n) is 2.77. The molecular weight excluding hydrogens is 214 g/mol. The van der Waals surface area contributed by atoms with Gasteiger partial charge in [-0.2, -0.15) is 5.26 Å². The predicted molar refractivity (Wildman–Crippen MR) is 65.0 cm³/mol. The van der Waals surface area contributed by atoms with E-state index in [2.05, 4.69) is 10.3 Å². The quantitative estimate of drug-likeness (QED) is 0.613. The molecule has 0 radical (unpaired) electrons. The second kappa shape index (κ2) is 4.46. The fourth-order valence-corrected chi connectivity index (χ4v) is 1.69. The van der Waals surface area contributed by atoms with Crippen molar-refractivity contribution in [1.82, 2.24) is 10.3 Å². The van der Waals surface area contributed by atoms with E-state index in [1.54, 1.807) is 6.08 Å². The van der Waals surface area contributed by atoms with Crippen molar-refractivity contribution < 1.29 is 4.79 Å². The number of carbonyl (C=O) groups excluding carboxylic acids is 1. The number of rotatable bonds is 3. The smallest absolute Gasteiger partial charge is 0.262 e. The zero-order valence-electron chi connectivity index (χ0n) is 10.0. The van der Waals surface area contributed by atoms with E-state index in [-0.39, 0.29) is 17.5 Å². The van der Waals surface area contributed by atoms with Gasteiger partial charge in [-0.3, -0.25) is 4.79 Å². The molecule has 0 unspecified atom stereocenters. The maximum absolute atomic E-state index is 11.7. The molecule has 4 nitrogen and oxygen atoms in total. The Balaban J connectivity index is 2.19. The molecule has 1 amide bonds. The van der Waals surface area contributed by atoms with Crippen molar-refractivity contribution in [3.8, 4) is 6.07 Å². The lowest BCUT2D eigenvalue weighted by Crippen LogP contribution is -2.26. The molecule has 1 aromatic heterocycles. The summed E-state index contributed by atoms with van der Waals surface area (Å²) in [6.45, 7) is 3.87. The lowest BCUT2D eigenvalue weighted by atomic mass is 10.1. The highest BCUT2D eigenvalue weighted by atomic mass is 16.1. The summed E-state index contributed by atoms with van der Waals surface area (Å²) in [5, 5.41) is 11.8. The maximum atomic E-state index is 11.7. The van der Waals surface area contributed by atoms with Crippen molar-refractivity contribution in [3.63, 3.8) is 0 Å². The Morgan fingerprint density at radius 2 is 2.29 bits per heavy atom. The molecule has 0 saturated heterocycles. The van der Waals surface area contributed by atoms with Crippen molar-refractivity contribution in [2.45, 2.75) is 32.7 Å². The van der Waals surface area contributed by atoms with E-state index < -0.39 is 0 Å². The molecule has 2 N–H and O–H groups in total. The highest BCUT2D eigenvalue weighted by Crippen LogP contribution is 2.20. The molecule has 1 heterocycles. The van der Waals surface area contributed by atoms with Gasteiger partial charge in [0.15, 0.2) is 0 Å². The van der Waals surface area contributed by atoms with E-state index in [4.69, 9.17) is 5.26 Å². The maximum Gasteiger partial charge on any atom is 0.262 e. The van der Waals surface area contributed by atoms with Crippen molar-refractivity contribution in [3.05, 3.63) is 28.6 Å². The summed E-state index contributed by atoms with van der Waals surface area (Å²) in [7, 11) is 0. The first-order chi connectivity index (χ1) is 8.10. The molecule has 2 rings (SSSR count). The van der Waals surface area contributed by atoms with Crippen molar-refractivity contribution in [2.75, 3.05) is 0 Å². The topological polar surface area (TPSA) is 68.7 Å². The summed E-state index contributed by atoms with van der Waals surface area (Å²) in [6, 6.07) is 4.15. The van der Waals surface area contributed by atoms with Gasteiger partial charge in [0.2, 0.25) is 0 Å². The number of aryl methyl sites for hydroxylation is 2. The van der Waals surface area contributed by atoms with Crippen LogP contribution in [-0.2, 0) is 4.79 Å². The summed E-state index contributed by atoms with van der Waals surface area (Å²) in [4.78, 5) is 14.9. The number of aromatic amines is 1. The number of nitrogens with zero attached hydrogens (tertiary/aromatic N) is 1. The van der Waals surface area contributed by atoms with Gasteiger partial charge in [-0.15, -0.1) is 0 Å². The molecule has 1 fully saturated rings. The van der Waals surface area contributed by atoms with Crippen LogP contribution in [-0.4, -0.2) is 16.9 Å². The zero-order valence-corrected chi connectivity index (χ0v) is 10.0. The van der Waals surface area contributed by atoms with Gasteiger partial charge in [-0.1, -0.05) is 0 Å². The zero-order chi connectivity index (χ0) is 12.4. The minimum absolute atomic E-state index is 0.166. The van der Waals surface area contributed by atoms with E-state index >= 15 is 0 Å². The molecule has 17 heavy (non-hydrogen) atoms. The number of aromatic nitrogens is 1. The second-order valence-corrected chi connectivity index (χ2v) is 4.45. The normalized spacial score (nSPS) is 15.5. The van der Waals surface area contributed by atoms with Crippen LogP contribution >= 0.6 is 0 Å². The molecule has 1 aliphatic carbocycles. The molecule has 0 spiro atoms. The molecule has 88 valence electrons. The van der Waals surface area contributed by atoms with Crippen LogP contribution in [0.1, 0.15) is 29.8 Å².